The number of halogens is 3. The maximum atomic E-state index is 12.4. The van der Waals surface area contributed by atoms with Gasteiger partial charge in [0.05, 0.1) is 11.1 Å². The molecule has 9 heteroatoms. The van der Waals surface area contributed by atoms with E-state index in [4.69, 9.17) is 20.9 Å². The molecule has 2 aromatic carbocycles. The van der Waals surface area contributed by atoms with Crippen molar-refractivity contribution in [3.05, 3.63) is 59.7 Å². The average molecular weight is 424 g/mol. The molecule has 0 amide bonds. The molecule has 1 saturated carbocycles. The predicted molar refractivity (Wildman–Crippen MR) is 105 cm³/mol. The number of benzene rings is 2. The predicted octanol–water partition coefficient (Wildman–Crippen LogP) is 4.20. The van der Waals surface area contributed by atoms with Gasteiger partial charge in [0, 0.05) is 11.4 Å². The van der Waals surface area contributed by atoms with Crippen LogP contribution in [0.1, 0.15) is 41.6 Å². The highest BCUT2D eigenvalue weighted by Gasteiger charge is 2.30. The molecule has 162 valence electrons. The first-order chi connectivity index (χ1) is 14.2. The van der Waals surface area contributed by atoms with Crippen LogP contribution in [0.3, 0.4) is 0 Å². The number of nitrogens with two attached hydrogens (primary N) is 2. The smallest absolute Gasteiger partial charge is 0.416 e. The van der Waals surface area contributed by atoms with E-state index in [2.05, 4.69) is 0 Å². The maximum absolute atomic E-state index is 12.4. The number of hydrogen-bond acceptors (Lipinski definition) is 6. The van der Waals surface area contributed by atoms with Gasteiger partial charge in [-0.25, -0.2) is 4.79 Å². The molecule has 0 saturated heterocycles. The van der Waals surface area contributed by atoms with Crippen LogP contribution in [-0.2, 0) is 20.4 Å². The van der Waals surface area contributed by atoms with Crippen LogP contribution in [0.25, 0.3) is 0 Å². The third kappa shape index (κ3) is 7.31. The molecule has 2 aromatic rings. The van der Waals surface area contributed by atoms with Gasteiger partial charge in [-0.3, -0.25) is 4.79 Å². The van der Waals surface area contributed by atoms with Crippen LogP contribution in [0, 0.1) is 0 Å². The highest BCUT2D eigenvalue weighted by Crippen LogP contribution is 2.29. The Hall–Kier alpha value is -3.23. The summed E-state index contributed by atoms with van der Waals surface area (Å²) >= 11 is 0. The van der Waals surface area contributed by atoms with Crippen LogP contribution >= 0.6 is 0 Å². The summed E-state index contributed by atoms with van der Waals surface area (Å²) in [5.41, 5.74) is 11.5. The van der Waals surface area contributed by atoms with Gasteiger partial charge in [-0.15, -0.1) is 0 Å². The van der Waals surface area contributed by atoms with Crippen molar-refractivity contribution >= 4 is 23.8 Å². The number of hydrogen-bond donors (Lipinski definition) is 2. The molecule has 4 N–H and O–H groups in total. The SMILES string of the molecule is Nc1cccc(N)c1.O=COC1CCC(OC(=O)c2ccc(C(F)(F)F)cc2)CC1. The second kappa shape index (κ2) is 10.5. The molecule has 1 aliphatic rings. The molecule has 1 aliphatic carbocycles. The van der Waals surface area contributed by atoms with Crippen molar-refractivity contribution in [1.82, 2.24) is 0 Å². The molecular weight excluding hydrogens is 401 g/mol. The van der Waals surface area contributed by atoms with E-state index in [1.54, 1.807) is 18.2 Å². The Morgan fingerprint density at radius 3 is 1.90 bits per heavy atom. The van der Waals surface area contributed by atoms with E-state index in [1.165, 1.54) is 0 Å². The van der Waals surface area contributed by atoms with E-state index in [0.717, 1.165) is 24.3 Å². The van der Waals surface area contributed by atoms with E-state index in [1.807, 2.05) is 6.07 Å². The molecule has 3 rings (SSSR count). The van der Waals surface area contributed by atoms with Gasteiger partial charge in [0.1, 0.15) is 12.2 Å². The molecule has 0 aliphatic heterocycles. The van der Waals surface area contributed by atoms with Crippen molar-refractivity contribution in [2.45, 2.75) is 44.1 Å². The van der Waals surface area contributed by atoms with Crippen molar-refractivity contribution in [1.29, 1.82) is 0 Å². The first-order valence-corrected chi connectivity index (χ1v) is 9.27. The van der Waals surface area contributed by atoms with Gasteiger partial charge in [-0.2, -0.15) is 13.2 Å². The van der Waals surface area contributed by atoms with Gasteiger partial charge in [-0.05, 0) is 68.1 Å². The fraction of sp³-hybridized carbons (Fsp3) is 0.333. The standard InChI is InChI=1S/C15H15F3O4.C6H8N2/c16-15(17,18)11-3-1-10(2-4-11)14(20)22-13-7-5-12(6-8-13)21-9-19;7-5-2-1-3-6(8)4-5/h1-4,9,12-13H,5-8H2;1-4H,7-8H2. The average Bonchev–Trinajstić information content (AvgIpc) is 2.69. The molecule has 6 nitrogen and oxygen atoms in total. The van der Waals surface area contributed by atoms with Crippen LogP contribution in [0.15, 0.2) is 48.5 Å². The summed E-state index contributed by atoms with van der Waals surface area (Å²) in [6.07, 6.45) is -2.57. The third-order valence-electron chi connectivity index (χ3n) is 4.50. The first-order valence-electron chi connectivity index (χ1n) is 9.27. The Bertz CT molecular complexity index is 816. The number of carbonyl (C=O) groups is 2. The molecule has 0 heterocycles. The van der Waals surface area contributed by atoms with E-state index in [0.29, 0.717) is 43.5 Å². The Morgan fingerprint density at radius 1 is 0.933 bits per heavy atom. The van der Waals surface area contributed by atoms with Crippen LogP contribution < -0.4 is 11.5 Å². The minimum Gasteiger partial charge on any atom is -0.465 e. The molecule has 30 heavy (non-hydrogen) atoms. The zero-order chi connectivity index (χ0) is 22.1. The Labute approximate surface area is 171 Å². The summed E-state index contributed by atoms with van der Waals surface area (Å²) in [7, 11) is 0. The fourth-order valence-corrected chi connectivity index (χ4v) is 2.94. The van der Waals surface area contributed by atoms with Gasteiger partial charge in [0.15, 0.2) is 0 Å². The topological polar surface area (TPSA) is 105 Å². The number of nitrogen functional groups attached to an aromatic ring is 2. The van der Waals surface area contributed by atoms with Gasteiger partial charge in [-0.1, -0.05) is 6.07 Å². The second-order valence-corrected chi connectivity index (χ2v) is 6.78. The maximum Gasteiger partial charge on any atom is 0.416 e. The Balaban J connectivity index is 0.000000335. The third-order valence-corrected chi connectivity index (χ3v) is 4.50. The lowest BCUT2D eigenvalue weighted by Crippen LogP contribution is -2.28. The fourth-order valence-electron chi connectivity index (χ4n) is 2.94. The highest BCUT2D eigenvalue weighted by molar-refractivity contribution is 5.89. The quantitative estimate of drug-likeness (QED) is 0.433. The van der Waals surface area contributed by atoms with Crippen molar-refractivity contribution < 1.29 is 32.2 Å². The Morgan fingerprint density at radius 2 is 1.47 bits per heavy atom. The molecule has 0 unspecified atom stereocenters. The zero-order valence-electron chi connectivity index (χ0n) is 16.1. The lowest BCUT2D eigenvalue weighted by molar-refractivity contribution is -0.137. The minimum absolute atomic E-state index is 0.0827. The summed E-state index contributed by atoms with van der Waals surface area (Å²) < 4.78 is 47.4. The van der Waals surface area contributed by atoms with Crippen molar-refractivity contribution in [3.8, 4) is 0 Å². The molecule has 0 spiro atoms. The van der Waals surface area contributed by atoms with Crippen LogP contribution in [0.2, 0.25) is 0 Å². The first kappa shape index (κ1) is 23.1. The lowest BCUT2D eigenvalue weighted by atomic mass is 9.95. The zero-order valence-corrected chi connectivity index (χ0v) is 16.1. The number of rotatable bonds is 4. The molecule has 0 aromatic heterocycles. The lowest BCUT2D eigenvalue weighted by Gasteiger charge is -2.27. The molecule has 0 radical (unpaired) electrons. The monoisotopic (exact) mass is 424 g/mol. The normalized spacial score (nSPS) is 18.5. The second-order valence-electron chi connectivity index (χ2n) is 6.78. The van der Waals surface area contributed by atoms with Crippen molar-refractivity contribution in [3.63, 3.8) is 0 Å². The van der Waals surface area contributed by atoms with Gasteiger partial charge < -0.3 is 20.9 Å². The molecule has 0 bridgehead atoms. The highest BCUT2D eigenvalue weighted by atomic mass is 19.4. The van der Waals surface area contributed by atoms with E-state index in [9.17, 15) is 22.8 Å². The number of alkyl halides is 3. The molecular formula is C21H23F3N2O4. The van der Waals surface area contributed by atoms with Gasteiger partial charge >= 0.3 is 12.1 Å². The summed E-state index contributed by atoms with van der Waals surface area (Å²) in [5.74, 6) is -0.645. The number of anilines is 2. The summed E-state index contributed by atoms with van der Waals surface area (Å²) in [5, 5.41) is 0. The van der Waals surface area contributed by atoms with Gasteiger partial charge in [0.25, 0.3) is 6.47 Å². The van der Waals surface area contributed by atoms with E-state index in [-0.39, 0.29) is 17.8 Å². The largest absolute Gasteiger partial charge is 0.465 e. The number of carbonyl (C=O) groups excluding carboxylic acids is 2. The summed E-state index contributed by atoms with van der Waals surface area (Å²) in [6.45, 7) is 0.402. The van der Waals surface area contributed by atoms with Crippen LogP contribution in [0.4, 0.5) is 24.5 Å². The number of ether oxygens (including phenoxy) is 2. The van der Waals surface area contributed by atoms with E-state index >= 15 is 0 Å². The molecule has 1 fully saturated rings. The Kier molecular flexibility index (Phi) is 8.08. The molecule has 0 atom stereocenters. The van der Waals surface area contributed by atoms with Gasteiger partial charge in [0.2, 0.25) is 0 Å². The van der Waals surface area contributed by atoms with E-state index < -0.39 is 17.7 Å². The summed E-state index contributed by atoms with van der Waals surface area (Å²) in [6, 6.07) is 11.1. The van der Waals surface area contributed by atoms with Crippen LogP contribution in [-0.4, -0.2) is 24.6 Å². The van der Waals surface area contributed by atoms with Crippen LogP contribution in [0.5, 0.6) is 0 Å². The minimum atomic E-state index is -4.43. The number of esters is 1. The van der Waals surface area contributed by atoms with Crippen molar-refractivity contribution in [2.75, 3.05) is 11.5 Å². The summed E-state index contributed by atoms with van der Waals surface area (Å²) in [4.78, 5) is 22.1. The van der Waals surface area contributed by atoms with Crippen molar-refractivity contribution in [2.24, 2.45) is 0 Å².